The molecule has 1 aromatic carbocycles. The molecule has 20 heavy (non-hydrogen) atoms. The topological polar surface area (TPSA) is 24.5 Å². The van der Waals surface area contributed by atoms with Crippen LogP contribution in [0.25, 0.3) is 0 Å². The van der Waals surface area contributed by atoms with Crippen LogP contribution < -0.4 is 10.2 Å². The second-order valence-electron chi connectivity index (χ2n) is 5.88. The van der Waals surface area contributed by atoms with E-state index < -0.39 is 0 Å². The summed E-state index contributed by atoms with van der Waals surface area (Å²) < 4.78 is 19.0. The van der Waals surface area contributed by atoms with Gasteiger partial charge in [-0.3, -0.25) is 0 Å². The molecule has 2 unspecified atom stereocenters. The zero-order chi connectivity index (χ0) is 14.5. The molecule has 0 spiro atoms. The first kappa shape index (κ1) is 15.3. The van der Waals surface area contributed by atoms with Gasteiger partial charge in [0.25, 0.3) is 0 Å². The van der Waals surface area contributed by atoms with Gasteiger partial charge in [-0.1, -0.05) is 13.8 Å². The van der Waals surface area contributed by atoms with Gasteiger partial charge in [-0.25, -0.2) is 4.39 Å². The molecular weight excluding hydrogens is 255 g/mol. The van der Waals surface area contributed by atoms with E-state index in [1.807, 2.05) is 19.2 Å². The van der Waals surface area contributed by atoms with Crippen molar-refractivity contribution in [2.45, 2.75) is 44.9 Å². The molecule has 2 rings (SSSR count). The maximum Gasteiger partial charge on any atom is 0.123 e. The van der Waals surface area contributed by atoms with E-state index in [-0.39, 0.29) is 11.9 Å². The number of halogens is 1. The van der Waals surface area contributed by atoms with E-state index >= 15 is 0 Å². The Morgan fingerprint density at radius 3 is 2.55 bits per heavy atom. The van der Waals surface area contributed by atoms with Crippen molar-refractivity contribution in [2.75, 3.05) is 25.0 Å². The molecule has 1 aromatic rings. The molecule has 0 amide bonds. The monoisotopic (exact) mass is 280 g/mol. The van der Waals surface area contributed by atoms with Crippen molar-refractivity contribution < 1.29 is 9.13 Å². The van der Waals surface area contributed by atoms with Gasteiger partial charge in [-0.05, 0) is 37.1 Å². The lowest BCUT2D eigenvalue weighted by Crippen LogP contribution is -2.34. The maximum absolute atomic E-state index is 12.9. The van der Waals surface area contributed by atoms with Crippen LogP contribution >= 0.6 is 0 Å². The smallest absolute Gasteiger partial charge is 0.123 e. The van der Waals surface area contributed by atoms with Crippen molar-refractivity contribution in [1.82, 2.24) is 5.32 Å². The normalized spacial score (nSPS) is 22.4. The fourth-order valence-corrected chi connectivity index (χ4v) is 2.54. The zero-order valence-electron chi connectivity index (χ0n) is 12.6. The molecule has 0 saturated carbocycles. The quantitative estimate of drug-likeness (QED) is 0.867. The molecule has 0 bridgehead atoms. The number of anilines is 1. The molecule has 0 radical (unpaired) electrons. The Bertz CT molecular complexity index is 407. The molecule has 1 N–H and O–H groups in total. The Hall–Kier alpha value is -1.13. The Morgan fingerprint density at radius 2 is 1.90 bits per heavy atom. The molecule has 1 aliphatic rings. The van der Waals surface area contributed by atoms with Crippen molar-refractivity contribution in [3.8, 4) is 0 Å². The van der Waals surface area contributed by atoms with E-state index in [1.54, 1.807) is 0 Å². The molecule has 0 aromatic heterocycles. The minimum Gasteiger partial charge on any atom is -0.372 e. The minimum atomic E-state index is -0.195. The molecule has 112 valence electrons. The first-order valence-corrected chi connectivity index (χ1v) is 7.40. The fourth-order valence-electron chi connectivity index (χ4n) is 2.54. The lowest BCUT2D eigenvalue weighted by Gasteiger charge is -2.23. The third kappa shape index (κ3) is 4.46. The number of hydrogen-bond donors (Lipinski definition) is 1. The molecule has 0 aliphatic carbocycles. The van der Waals surface area contributed by atoms with Gasteiger partial charge in [0.1, 0.15) is 5.82 Å². The minimum absolute atomic E-state index is 0.195. The number of hydrogen-bond acceptors (Lipinski definition) is 3. The summed E-state index contributed by atoms with van der Waals surface area (Å²) in [6.07, 6.45) is 2.80. The second-order valence-corrected chi connectivity index (χ2v) is 5.88. The Kier molecular flexibility index (Phi) is 5.38. The van der Waals surface area contributed by atoms with Gasteiger partial charge in [0.15, 0.2) is 0 Å². The van der Waals surface area contributed by atoms with E-state index in [2.05, 4.69) is 24.1 Å². The molecule has 1 heterocycles. The maximum atomic E-state index is 12.9. The predicted octanol–water partition coefficient (Wildman–Crippen LogP) is 2.81. The van der Waals surface area contributed by atoms with Crippen LogP contribution in [0.15, 0.2) is 24.3 Å². The highest BCUT2D eigenvalue weighted by atomic mass is 19.1. The Morgan fingerprint density at radius 1 is 1.25 bits per heavy atom. The summed E-state index contributed by atoms with van der Waals surface area (Å²) in [5, 5.41) is 3.42. The van der Waals surface area contributed by atoms with Crippen LogP contribution in [-0.4, -0.2) is 38.4 Å². The van der Waals surface area contributed by atoms with Crippen LogP contribution in [-0.2, 0) is 4.74 Å². The molecule has 1 saturated heterocycles. The van der Waals surface area contributed by atoms with Crippen LogP contribution in [0.1, 0.15) is 26.7 Å². The molecule has 2 atom stereocenters. The van der Waals surface area contributed by atoms with E-state index in [9.17, 15) is 4.39 Å². The van der Waals surface area contributed by atoms with Gasteiger partial charge >= 0.3 is 0 Å². The van der Waals surface area contributed by atoms with Crippen molar-refractivity contribution in [3.05, 3.63) is 30.1 Å². The third-order valence-corrected chi connectivity index (χ3v) is 3.69. The van der Waals surface area contributed by atoms with E-state index in [0.29, 0.717) is 12.1 Å². The van der Waals surface area contributed by atoms with Crippen LogP contribution in [0, 0.1) is 5.82 Å². The lowest BCUT2D eigenvalue weighted by atomic mass is 10.1. The van der Waals surface area contributed by atoms with Crippen molar-refractivity contribution >= 4 is 5.69 Å². The van der Waals surface area contributed by atoms with Crippen molar-refractivity contribution in [1.29, 1.82) is 0 Å². The zero-order valence-corrected chi connectivity index (χ0v) is 12.6. The first-order valence-electron chi connectivity index (χ1n) is 7.40. The fraction of sp³-hybridized carbons (Fsp3) is 0.625. The molecule has 1 fully saturated rings. The predicted molar refractivity (Wildman–Crippen MR) is 80.7 cm³/mol. The van der Waals surface area contributed by atoms with Crippen LogP contribution in [0.4, 0.5) is 10.1 Å². The summed E-state index contributed by atoms with van der Waals surface area (Å²) in [4.78, 5) is 2.13. The molecule has 3 nitrogen and oxygen atoms in total. The summed E-state index contributed by atoms with van der Waals surface area (Å²) >= 11 is 0. The highest BCUT2D eigenvalue weighted by Crippen LogP contribution is 2.22. The summed E-state index contributed by atoms with van der Waals surface area (Å²) in [7, 11) is 2.02. The van der Waals surface area contributed by atoms with Crippen LogP contribution in [0.5, 0.6) is 0 Å². The Balaban J connectivity index is 1.78. The van der Waals surface area contributed by atoms with Crippen LogP contribution in [0.2, 0.25) is 0 Å². The average molecular weight is 280 g/mol. The van der Waals surface area contributed by atoms with E-state index in [4.69, 9.17) is 4.74 Å². The van der Waals surface area contributed by atoms with E-state index in [1.165, 1.54) is 12.1 Å². The Labute approximate surface area is 121 Å². The van der Waals surface area contributed by atoms with Gasteiger partial charge in [0.2, 0.25) is 0 Å². The van der Waals surface area contributed by atoms with Crippen molar-refractivity contribution in [3.63, 3.8) is 0 Å². The van der Waals surface area contributed by atoms with Crippen LogP contribution in [0.3, 0.4) is 0 Å². The average Bonchev–Trinajstić information content (AvgIpc) is 2.84. The number of rotatable bonds is 6. The molecule has 4 heteroatoms. The summed E-state index contributed by atoms with van der Waals surface area (Å²) in [5.74, 6) is -0.195. The highest BCUT2D eigenvalue weighted by Gasteiger charge is 2.26. The number of ether oxygens (including phenoxy) is 1. The van der Waals surface area contributed by atoms with Gasteiger partial charge < -0.3 is 15.0 Å². The third-order valence-electron chi connectivity index (χ3n) is 3.69. The summed E-state index contributed by atoms with van der Waals surface area (Å²) in [5.41, 5.74) is 1.03. The SMILES string of the molecule is CC(C)NCC1CCC(CN(C)c2ccc(F)cc2)O1. The van der Waals surface area contributed by atoms with E-state index in [0.717, 1.165) is 31.6 Å². The molecule has 1 aliphatic heterocycles. The largest absolute Gasteiger partial charge is 0.372 e. The van der Waals surface area contributed by atoms with Gasteiger partial charge in [0, 0.05) is 31.9 Å². The number of likely N-dealkylation sites (N-methyl/N-ethyl adjacent to an activating group) is 1. The summed E-state index contributed by atoms with van der Waals surface area (Å²) in [6, 6.07) is 7.11. The number of nitrogens with zero attached hydrogens (tertiary/aromatic N) is 1. The molecular formula is C16H25FN2O. The first-order chi connectivity index (χ1) is 9.54. The highest BCUT2D eigenvalue weighted by molar-refractivity contribution is 5.45. The second kappa shape index (κ2) is 7.04. The van der Waals surface area contributed by atoms with Gasteiger partial charge in [-0.15, -0.1) is 0 Å². The van der Waals surface area contributed by atoms with Gasteiger partial charge in [0.05, 0.1) is 12.2 Å². The van der Waals surface area contributed by atoms with Gasteiger partial charge in [-0.2, -0.15) is 0 Å². The van der Waals surface area contributed by atoms with Crippen molar-refractivity contribution in [2.24, 2.45) is 0 Å². The number of benzene rings is 1. The summed E-state index contributed by atoms with van der Waals surface area (Å²) in [6.45, 7) is 6.07. The lowest BCUT2D eigenvalue weighted by molar-refractivity contribution is 0.0489. The standard InChI is InChI=1S/C16H25FN2O/c1-12(2)18-10-15-8-9-16(20-15)11-19(3)14-6-4-13(17)5-7-14/h4-7,12,15-16,18H,8-11H2,1-3H3. The number of nitrogens with one attached hydrogen (secondary N) is 1.